The van der Waals surface area contributed by atoms with Crippen molar-refractivity contribution >= 4 is 0 Å². The van der Waals surface area contributed by atoms with Gasteiger partial charge in [0.2, 0.25) is 0 Å². The van der Waals surface area contributed by atoms with Crippen LogP contribution in [0.4, 0.5) is 0 Å². The van der Waals surface area contributed by atoms with Gasteiger partial charge in [0.1, 0.15) is 0 Å². The molecule has 126 valence electrons. The van der Waals surface area contributed by atoms with Crippen LogP contribution in [0.25, 0.3) is 0 Å². The Hall–Kier alpha value is -0.160. The monoisotopic (exact) mass is 309 g/mol. The number of rotatable bonds is 2. The summed E-state index contributed by atoms with van der Waals surface area (Å²) in [5.74, 6) is -0.224. The summed E-state index contributed by atoms with van der Waals surface area (Å²) in [5.41, 5.74) is 0.210. The van der Waals surface area contributed by atoms with E-state index in [-0.39, 0.29) is 11.4 Å². The van der Waals surface area contributed by atoms with E-state index < -0.39 is 0 Å². The van der Waals surface area contributed by atoms with Crippen molar-refractivity contribution in [1.82, 2.24) is 5.32 Å². The summed E-state index contributed by atoms with van der Waals surface area (Å²) in [5, 5.41) is 3.94. The molecule has 4 aliphatic rings. The van der Waals surface area contributed by atoms with Gasteiger partial charge in [-0.05, 0) is 38.5 Å². The van der Waals surface area contributed by atoms with Gasteiger partial charge in [-0.15, -0.1) is 0 Å². The zero-order chi connectivity index (χ0) is 14.9. The molecule has 0 aromatic heterocycles. The first-order chi connectivity index (χ1) is 10.8. The predicted octanol–water partition coefficient (Wildman–Crippen LogP) is 3.14. The van der Waals surface area contributed by atoms with Crippen LogP contribution in [0.2, 0.25) is 0 Å². The second kappa shape index (κ2) is 6.39. The van der Waals surface area contributed by atoms with Crippen LogP contribution in [0, 0.1) is 0 Å². The van der Waals surface area contributed by atoms with Crippen LogP contribution in [-0.2, 0) is 14.2 Å². The number of nitrogens with one attached hydrogen (secondary N) is 1. The Morgan fingerprint density at radius 3 is 2.14 bits per heavy atom. The lowest BCUT2D eigenvalue weighted by molar-refractivity contribution is -0.180. The van der Waals surface area contributed by atoms with Crippen molar-refractivity contribution in [3.05, 3.63) is 0 Å². The van der Waals surface area contributed by atoms with Gasteiger partial charge in [0, 0.05) is 31.5 Å². The molecule has 0 aromatic carbocycles. The van der Waals surface area contributed by atoms with Crippen molar-refractivity contribution in [2.45, 2.75) is 94.1 Å². The van der Waals surface area contributed by atoms with E-state index in [1.165, 1.54) is 57.8 Å². The molecule has 0 bridgehead atoms. The fourth-order valence-electron chi connectivity index (χ4n) is 5.06. The van der Waals surface area contributed by atoms with Gasteiger partial charge >= 0.3 is 0 Å². The Morgan fingerprint density at radius 2 is 1.41 bits per heavy atom. The Kier molecular flexibility index (Phi) is 4.46. The second-order valence-corrected chi connectivity index (χ2v) is 7.83. The van der Waals surface area contributed by atoms with Crippen LogP contribution in [0.5, 0.6) is 0 Å². The van der Waals surface area contributed by atoms with Gasteiger partial charge in [0.15, 0.2) is 5.79 Å². The second-order valence-electron chi connectivity index (χ2n) is 7.83. The van der Waals surface area contributed by atoms with E-state index in [4.69, 9.17) is 14.2 Å². The molecule has 4 nitrogen and oxygen atoms in total. The summed E-state index contributed by atoms with van der Waals surface area (Å²) >= 11 is 0. The lowest BCUT2D eigenvalue weighted by Crippen LogP contribution is -2.52. The Balaban J connectivity index is 1.28. The summed E-state index contributed by atoms with van der Waals surface area (Å²) in [6.45, 7) is 2.50. The fraction of sp³-hybridized carbons (Fsp3) is 1.00. The van der Waals surface area contributed by atoms with Crippen molar-refractivity contribution in [1.29, 1.82) is 0 Å². The van der Waals surface area contributed by atoms with E-state index in [0.717, 1.165) is 32.7 Å². The van der Waals surface area contributed by atoms with E-state index in [1.807, 2.05) is 0 Å². The Bertz CT molecular complexity index is 359. The molecule has 2 heterocycles. The smallest absolute Gasteiger partial charge is 0.168 e. The van der Waals surface area contributed by atoms with Gasteiger partial charge in [0.05, 0.1) is 18.8 Å². The third kappa shape index (κ3) is 3.21. The molecule has 1 N–H and O–H groups in total. The van der Waals surface area contributed by atoms with Crippen molar-refractivity contribution in [2.75, 3.05) is 19.8 Å². The van der Waals surface area contributed by atoms with Crippen LogP contribution in [-0.4, -0.2) is 43.3 Å². The molecule has 2 saturated heterocycles. The molecule has 4 fully saturated rings. The molecule has 0 amide bonds. The van der Waals surface area contributed by atoms with Gasteiger partial charge in [-0.25, -0.2) is 0 Å². The summed E-state index contributed by atoms with van der Waals surface area (Å²) in [6.07, 6.45) is 13.5. The van der Waals surface area contributed by atoms with Gasteiger partial charge in [0.25, 0.3) is 0 Å². The highest BCUT2D eigenvalue weighted by molar-refractivity contribution is 4.94. The highest BCUT2D eigenvalue weighted by Crippen LogP contribution is 2.40. The quantitative estimate of drug-likeness (QED) is 0.850. The maximum Gasteiger partial charge on any atom is 0.168 e. The molecule has 4 heteroatoms. The Morgan fingerprint density at radius 1 is 0.682 bits per heavy atom. The largest absolute Gasteiger partial charge is 0.375 e. The summed E-state index contributed by atoms with van der Waals surface area (Å²) in [4.78, 5) is 0. The third-order valence-corrected chi connectivity index (χ3v) is 6.29. The predicted molar refractivity (Wildman–Crippen MR) is 84.8 cm³/mol. The van der Waals surface area contributed by atoms with Crippen LogP contribution in [0.1, 0.15) is 70.6 Å². The highest BCUT2D eigenvalue weighted by atomic mass is 16.7. The maximum absolute atomic E-state index is 6.22. The standard InChI is InChI=1S/C18H31NO3/c1-2-7-17(8-3-1)14-16(6-11-20-17)19-15-4-9-18(10-5-15)21-12-13-22-18/h15-16,19H,1-14H2/t16-/m1/s1. The van der Waals surface area contributed by atoms with E-state index in [0.29, 0.717) is 12.1 Å². The zero-order valence-corrected chi connectivity index (χ0v) is 13.8. The summed E-state index contributed by atoms with van der Waals surface area (Å²) < 4.78 is 17.9. The molecule has 2 aliphatic carbocycles. The molecule has 1 atom stereocenters. The lowest BCUT2D eigenvalue weighted by atomic mass is 9.78. The molecular formula is C18H31NO3. The first-order valence-corrected chi connectivity index (χ1v) is 9.46. The summed E-state index contributed by atoms with van der Waals surface area (Å²) in [7, 11) is 0. The summed E-state index contributed by atoms with van der Waals surface area (Å²) in [6, 6.07) is 1.29. The molecule has 0 radical (unpaired) electrons. The molecule has 22 heavy (non-hydrogen) atoms. The minimum absolute atomic E-state index is 0.210. The molecule has 4 rings (SSSR count). The molecule has 0 aromatic rings. The lowest BCUT2D eigenvalue weighted by Gasteiger charge is -2.45. The molecule has 2 aliphatic heterocycles. The van der Waals surface area contributed by atoms with E-state index in [9.17, 15) is 0 Å². The zero-order valence-electron chi connectivity index (χ0n) is 13.8. The van der Waals surface area contributed by atoms with E-state index in [1.54, 1.807) is 0 Å². The van der Waals surface area contributed by atoms with Crippen LogP contribution in [0.15, 0.2) is 0 Å². The number of ether oxygens (including phenoxy) is 3. The van der Waals surface area contributed by atoms with Crippen LogP contribution < -0.4 is 5.32 Å². The van der Waals surface area contributed by atoms with Gasteiger partial charge in [-0.2, -0.15) is 0 Å². The normalized spacial score (nSPS) is 35.2. The molecule has 2 spiro atoms. The third-order valence-electron chi connectivity index (χ3n) is 6.29. The van der Waals surface area contributed by atoms with Crippen molar-refractivity contribution in [3.63, 3.8) is 0 Å². The minimum atomic E-state index is -0.224. The van der Waals surface area contributed by atoms with E-state index >= 15 is 0 Å². The minimum Gasteiger partial charge on any atom is -0.375 e. The van der Waals surface area contributed by atoms with E-state index in [2.05, 4.69) is 5.32 Å². The topological polar surface area (TPSA) is 39.7 Å². The SMILES string of the molecule is C1CCC2(CC1)C[C@H](NC1CCC3(CC1)OCCO3)CCO2. The Labute approximate surface area is 134 Å². The van der Waals surface area contributed by atoms with Crippen LogP contribution >= 0.6 is 0 Å². The fourth-order valence-corrected chi connectivity index (χ4v) is 5.06. The van der Waals surface area contributed by atoms with Gasteiger partial charge < -0.3 is 19.5 Å². The molecular weight excluding hydrogens is 278 g/mol. The van der Waals surface area contributed by atoms with Crippen molar-refractivity contribution in [3.8, 4) is 0 Å². The molecule has 2 saturated carbocycles. The molecule has 0 unspecified atom stereocenters. The maximum atomic E-state index is 6.22. The first-order valence-electron chi connectivity index (χ1n) is 9.46. The van der Waals surface area contributed by atoms with Crippen LogP contribution in [0.3, 0.4) is 0 Å². The van der Waals surface area contributed by atoms with Gasteiger partial charge in [-0.1, -0.05) is 19.3 Å². The van der Waals surface area contributed by atoms with Crippen molar-refractivity contribution in [2.24, 2.45) is 0 Å². The first kappa shape index (κ1) is 15.4. The number of hydrogen-bond acceptors (Lipinski definition) is 4. The average Bonchev–Trinajstić information content (AvgIpc) is 2.99. The average molecular weight is 309 g/mol. The highest BCUT2D eigenvalue weighted by Gasteiger charge is 2.42. The van der Waals surface area contributed by atoms with Gasteiger partial charge in [-0.3, -0.25) is 0 Å². The number of hydrogen-bond donors (Lipinski definition) is 1. The van der Waals surface area contributed by atoms with Crippen molar-refractivity contribution < 1.29 is 14.2 Å².